The average Bonchev–Trinajstić information content (AvgIpc) is 3.15. The molecule has 0 spiro atoms. The molecule has 0 fully saturated rings. The summed E-state index contributed by atoms with van der Waals surface area (Å²) < 4.78 is 6.74. The third kappa shape index (κ3) is 3.92. The van der Waals surface area contributed by atoms with E-state index in [2.05, 4.69) is 32.3 Å². The maximum absolute atomic E-state index is 9.00. The highest BCUT2D eigenvalue weighted by Crippen LogP contribution is 2.36. The van der Waals surface area contributed by atoms with Gasteiger partial charge in [-0.15, -0.1) is 11.3 Å². The highest BCUT2D eigenvalue weighted by atomic mass is 79.9. The number of furan rings is 1. The molecule has 0 bridgehead atoms. The van der Waals surface area contributed by atoms with Gasteiger partial charge in [-0.05, 0) is 33.8 Å². The Hall–Kier alpha value is -1.12. The molecule has 8 heteroatoms. The highest BCUT2D eigenvalue weighted by molar-refractivity contribution is 9.10. The molecular weight excluding hydrogens is 414 g/mol. The summed E-state index contributed by atoms with van der Waals surface area (Å²) in [5.41, 5.74) is 8.10. The van der Waals surface area contributed by atoms with Gasteiger partial charge < -0.3 is 20.6 Å². The van der Waals surface area contributed by atoms with Crippen LogP contribution in [0.1, 0.15) is 17.1 Å². The fourth-order valence-corrected chi connectivity index (χ4v) is 3.77. The standard InChI is InChI=1S/C16H17BrClN3O2S/c17-14-12(6-9(19)3-4-22)23-16-11(7-13(18)21-15(14)16)20-8-10-2-1-5-24-10/h1-2,5,7,9,22H,3-4,6,8,19H2,(H,20,21)/t9-/m0/s1. The first-order valence-corrected chi connectivity index (χ1v) is 9.53. The molecular formula is C16H17BrClN3O2S. The zero-order valence-corrected chi connectivity index (χ0v) is 15.9. The zero-order valence-electron chi connectivity index (χ0n) is 12.8. The van der Waals surface area contributed by atoms with Crippen LogP contribution in [-0.2, 0) is 13.0 Å². The van der Waals surface area contributed by atoms with Crippen molar-refractivity contribution in [1.82, 2.24) is 4.98 Å². The summed E-state index contributed by atoms with van der Waals surface area (Å²) in [5, 5.41) is 14.8. The molecule has 0 aliphatic carbocycles. The van der Waals surface area contributed by atoms with Gasteiger partial charge in [0.25, 0.3) is 0 Å². The topological polar surface area (TPSA) is 84.3 Å². The molecule has 1 atom stereocenters. The average molecular weight is 431 g/mol. The lowest BCUT2D eigenvalue weighted by Gasteiger charge is -2.07. The van der Waals surface area contributed by atoms with Crippen molar-refractivity contribution in [2.45, 2.75) is 25.4 Å². The molecule has 3 aromatic rings. The number of rotatable bonds is 7. The first kappa shape index (κ1) is 17.7. The fraction of sp³-hybridized carbons (Fsp3) is 0.312. The number of aromatic nitrogens is 1. The normalized spacial score (nSPS) is 12.7. The molecule has 3 rings (SSSR count). The molecule has 0 radical (unpaired) electrons. The number of hydrogen-bond acceptors (Lipinski definition) is 6. The summed E-state index contributed by atoms with van der Waals surface area (Å²) in [7, 11) is 0. The number of fused-ring (bicyclic) bond motifs is 1. The molecule has 0 saturated heterocycles. The Labute approximate surface area is 157 Å². The molecule has 0 unspecified atom stereocenters. The number of halogens is 2. The lowest BCUT2D eigenvalue weighted by atomic mass is 10.1. The summed E-state index contributed by atoms with van der Waals surface area (Å²) in [6, 6.07) is 5.66. The fourth-order valence-electron chi connectivity index (χ4n) is 2.42. The Morgan fingerprint density at radius 3 is 3.04 bits per heavy atom. The first-order chi connectivity index (χ1) is 11.6. The van der Waals surface area contributed by atoms with Gasteiger partial charge in [0.1, 0.15) is 16.4 Å². The maximum Gasteiger partial charge on any atom is 0.177 e. The molecule has 3 heterocycles. The van der Waals surface area contributed by atoms with Crippen molar-refractivity contribution in [2.75, 3.05) is 11.9 Å². The van der Waals surface area contributed by atoms with Crippen LogP contribution in [0.4, 0.5) is 5.69 Å². The van der Waals surface area contributed by atoms with Gasteiger partial charge in [0.2, 0.25) is 0 Å². The van der Waals surface area contributed by atoms with Crippen LogP contribution in [0.25, 0.3) is 11.1 Å². The number of nitrogens with zero attached hydrogens (tertiary/aromatic N) is 1. The number of aliphatic hydroxyl groups excluding tert-OH is 1. The summed E-state index contributed by atoms with van der Waals surface area (Å²) >= 11 is 11.4. The number of anilines is 1. The molecule has 0 aromatic carbocycles. The molecule has 0 saturated carbocycles. The second-order valence-corrected chi connectivity index (χ2v) is 7.63. The molecule has 4 N–H and O–H groups in total. The van der Waals surface area contributed by atoms with Gasteiger partial charge >= 0.3 is 0 Å². The Kier molecular flexibility index (Phi) is 5.78. The van der Waals surface area contributed by atoms with Crippen LogP contribution in [0.5, 0.6) is 0 Å². The van der Waals surface area contributed by atoms with Gasteiger partial charge in [0.05, 0.1) is 10.2 Å². The molecule has 0 aliphatic heterocycles. The van der Waals surface area contributed by atoms with Crippen LogP contribution in [0.3, 0.4) is 0 Å². The summed E-state index contributed by atoms with van der Waals surface area (Å²) in [5.74, 6) is 0.708. The molecule has 5 nitrogen and oxygen atoms in total. The van der Waals surface area contributed by atoms with Crippen molar-refractivity contribution in [3.8, 4) is 0 Å². The predicted octanol–water partition coefficient (Wildman–Crippen LogP) is 4.17. The molecule has 24 heavy (non-hydrogen) atoms. The van der Waals surface area contributed by atoms with Gasteiger partial charge in [-0.25, -0.2) is 4.98 Å². The third-order valence-electron chi connectivity index (χ3n) is 3.60. The number of pyridine rings is 1. The first-order valence-electron chi connectivity index (χ1n) is 7.48. The van der Waals surface area contributed by atoms with Crippen LogP contribution >= 0.6 is 38.9 Å². The van der Waals surface area contributed by atoms with Crippen molar-refractivity contribution in [1.29, 1.82) is 0 Å². The number of thiophene rings is 1. The Bertz CT molecular complexity index is 822. The van der Waals surface area contributed by atoms with Crippen molar-refractivity contribution in [3.05, 3.63) is 43.8 Å². The summed E-state index contributed by atoms with van der Waals surface area (Å²) in [6.07, 6.45) is 1.03. The van der Waals surface area contributed by atoms with E-state index < -0.39 is 0 Å². The van der Waals surface area contributed by atoms with Crippen LogP contribution in [0.15, 0.2) is 32.5 Å². The zero-order chi connectivity index (χ0) is 17.1. The van der Waals surface area contributed by atoms with Crippen LogP contribution in [-0.4, -0.2) is 22.7 Å². The van der Waals surface area contributed by atoms with Crippen LogP contribution in [0.2, 0.25) is 5.15 Å². The van der Waals surface area contributed by atoms with E-state index in [1.54, 1.807) is 17.4 Å². The Morgan fingerprint density at radius 1 is 1.50 bits per heavy atom. The largest absolute Gasteiger partial charge is 0.456 e. The van der Waals surface area contributed by atoms with E-state index in [9.17, 15) is 0 Å². The van der Waals surface area contributed by atoms with Crippen molar-refractivity contribution in [2.24, 2.45) is 5.73 Å². The second kappa shape index (κ2) is 7.84. The Balaban J connectivity index is 1.91. The molecule has 0 aliphatic rings. The van der Waals surface area contributed by atoms with Gasteiger partial charge in [-0.3, -0.25) is 0 Å². The second-order valence-electron chi connectivity index (χ2n) is 5.42. The van der Waals surface area contributed by atoms with E-state index in [0.29, 0.717) is 41.4 Å². The molecule has 0 amide bonds. The predicted molar refractivity (Wildman–Crippen MR) is 102 cm³/mol. The summed E-state index contributed by atoms with van der Waals surface area (Å²) in [4.78, 5) is 5.57. The number of nitrogens with one attached hydrogen (secondary N) is 1. The Morgan fingerprint density at radius 2 is 2.33 bits per heavy atom. The third-order valence-corrected chi connectivity index (χ3v) is 5.49. The monoisotopic (exact) mass is 429 g/mol. The van der Waals surface area contributed by atoms with Gasteiger partial charge in [-0.2, -0.15) is 0 Å². The smallest absolute Gasteiger partial charge is 0.177 e. The van der Waals surface area contributed by atoms with Crippen LogP contribution in [0, 0.1) is 0 Å². The van der Waals surface area contributed by atoms with E-state index in [1.807, 2.05) is 11.4 Å². The van der Waals surface area contributed by atoms with E-state index in [0.717, 1.165) is 10.2 Å². The van der Waals surface area contributed by atoms with E-state index in [-0.39, 0.29) is 12.6 Å². The van der Waals surface area contributed by atoms with E-state index in [4.69, 9.17) is 26.9 Å². The SMILES string of the molecule is N[C@@H](CCO)Cc1oc2c(NCc3cccs3)cc(Cl)nc2c1Br. The highest BCUT2D eigenvalue weighted by Gasteiger charge is 2.19. The van der Waals surface area contributed by atoms with Crippen molar-refractivity contribution < 1.29 is 9.52 Å². The van der Waals surface area contributed by atoms with E-state index >= 15 is 0 Å². The molecule has 128 valence electrons. The lowest BCUT2D eigenvalue weighted by Crippen LogP contribution is -2.23. The van der Waals surface area contributed by atoms with Gasteiger partial charge in [0, 0.05) is 36.6 Å². The quantitative estimate of drug-likeness (QED) is 0.490. The van der Waals surface area contributed by atoms with Crippen molar-refractivity contribution >= 4 is 55.7 Å². The summed E-state index contributed by atoms with van der Waals surface area (Å²) in [6.45, 7) is 0.738. The minimum absolute atomic E-state index is 0.0523. The van der Waals surface area contributed by atoms with Crippen LogP contribution < -0.4 is 11.1 Å². The minimum atomic E-state index is -0.176. The number of aliphatic hydroxyl groups is 1. The number of nitrogens with two attached hydrogens (primary N) is 1. The molecule has 3 aromatic heterocycles. The van der Waals surface area contributed by atoms with Gasteiger partial charge in [-0.1, -0.05) is 17.7 Å². The van der Waals surface area contributed by atoms with Gasteiger partial charge in [0.15, 0.2) is 5.58 Å². The minimum Gasteiger partial charge on any atom is -0.456 e. The lowest BCUT2D eigenvalue weighted by molar-refractivity contribution is 0.273. The van der Waals surface area contributed by atoms with E-state index in [1.165, 1.54) is 4.88 Å². The van der Waals surface area contributed by atoms with Crippen molar-refractivity contribution in [3.63, 3.8) is 0 Å². The maximum atomic E-state index is 9.00. The number of hydrogen-bond donors (Lipinski definition) is 3.